The first-order valence-electron chi connectivity index (χ1n) is 8.66. The Labute approximate surface area is 142 Å². The lowest BCUT2D eigenvalue weighted by Gasteiger charge is -2.15. The fourth-order valence-corrected chi connectivity index (χ4v) is 3.47. The van der Waals surface area contributed by atoms with Gasteiger partial charge in [0.1, 0.15) is 0 Å². The van der Waals surface area contributed by atoms with Crippen LogP contribution in [0.3, 0.4) is 0 Å². The van der Waals surface area contributed by atoms with E-state index < -0.39 is 0 Å². The van der Waals surface area contributed by atoms with Crippen LogP contribution in [0.4, 0.5) is 0 Å². The van der Waals surface area contributed by atoms with Crippen LogP contribution in [0.1, 0.15) is 37.8 Å². The summed E-state index contributed by atoms with van der Waals surface area (Å²) in [5.41, 5.74) is 4.66. The van der Waals surface area contributed by atoms with Crippen LogP contribution in [0.5, 0.6) is 23.0 Å². The normalized spacial score (nSPS) is 14.2. The number of benzene rings is 2. The average Bonchev–Trinajstić information content (AvgIpc) is 3.23. The third kappa shape index (κ3) is 2.46. The van der Waals surface area contributed by atoms with Crippen molar-refractivity contribution >= 4 is 0 Å². The van der Waals surface area contributed by atoms with Gasteiger partial charge >= 0.3 is 0 Å². The topological polar surface area (TPSA) is 36.9 Å². The van der Waals surface area contributed by atoms with Crippen molar-refractivity contribution in [2.75, 3.05) is 13.6 Å². The van der Waals surface area contributed by atoms with Crippen molar-refractivity contribution in [3.63, 3.8) is 0 Å². The molecule has 126 valence electrons. The highest BCUT2D eigenvalue weighted by atomic mass is 16.7. The van der Waals surface area contributed by atoms with Gasteiger partial charge in [0.05, 0.1) is 0 Å². The molecule has 0 fully saturated rings. The molecule has 0 unspecified atom stereocenters. The molecule has 0 amide bonds. The lowest BCUT2D eigenvalue weighted by atomic mass is 9.92. The molecule has 0 saturated carbocycles. The molecule has 0 spiro atoms. The van der Waals surface area contributed by atoms with E-state index in [4.69, 9.17) is 18.9 Å². The largest absolute Gasteiger partial charge is 0.454 e. The molecule has 4 nitrogen and oxygen atoms in total. The van der Waals surface area contributed by atoms with Gasteiger partial charge in [-0.2, -0.15) is 0 Å². The predicted molar refractivity (Wildman–Crippen MR) is 92.1 cm³/mol. The van der Waals surface area contributed by atoms with Gasteiger partial charge in [-0.15, -0.1) is 0 Å². The zero-order valence-corrected chi connectivity index (χ0v) is 14.2. The summed E-state index contributed by atoms with van der Waals surface area (Å²) in [7, 11) is 0. The first kappa shape index (κ1) is 15.2. The Kier molecular flexibility index (Phi) is 3.97. The molecule has 0 saturated heterocycles. The summed E-state index contributed by atoms with van der Waals surface area (Å²) in [6, 6.07) is 8.45. The summed E-state index contributed by atoms with van der Waals surface area (Å²) in [5, 5.41) is 0. The van der Waals surface area contributed by atoms with Gasteiger partial charge in [-0.05, 0) is 42.2 Å². The molecular weight excluding hydrogens is 304 g/mol. The minimum Gasteiger partial charge on any atom is -0.454 e. The second-order valence-electron chi connectivity index (χ2n) is 6.21. The van der Waals surface area contributed by atoms with Crippen molar-refractivity contribution < 1.29 is 18.9 Å². The van der Waals surface area contributed by atoms with Crippen molar-refractivity contribution in [2.45, 2.75) is 39.5 Å². The molecule has 0 aromatic heterocycles. The van der Waals surface area contributed by atoms with Crippen LogP contribution < -0.4 is 18.9 Å². The van der Waals surface area contributed by atoms with Gasteiger partial charge in [-0.3, -0.25) is 0 Å². The first-order valence-corrected chi connectivity index (χ1v) is 8.66. The second-order valence-corrected chi connectivity index (χ2v) is 6.21. The van der Waals surface area contributed by atoms with Crippen LogP contribution in [0.25, 0.3) is 11.1 Å². The van der Waals surface area contributed by atoms with Crippen molar-refractivity contribution in [2.24, 2.45) is 0 Å². The van der Waals surface area contributed by atoms with Crippen LogP contribution in [0, 0.1) is 0 Å². The number of hydrogen-bond donors (Lipinski definition) is 0. The molecule has 2 aliphatic heterocycles. The molecule has 4 heteroatoms. The Morgan fingerprint density at radius 2 is 1.54 bits per heavy atom. The van der Waals surface area contributed by atoms with Gasteiger partial charge in [-0.25, -0.2) is 0 Å². The van der Waals surface area contributed by atoms with Crippen LogP contribution in [-0.4, -0.2) is 13.6 Å². The van der Waals surface area contributed by atoms with E-state index in [9.17, 15) is 0 Å². The maximum atomic E-state index is 5.81. The van der Waals surface area contributed by atoms with Crippen LogP contribution in [0.15, 0.2) is 24.3 Å². The highest BCUT2D eigenvalue weighted by Gasteiger charge is 2.28. The molecule has 0 atom stereocenters. The van der Waals surface area contributed by atoms with Crippen molar-refractivity contribution in [1.82, 2.24) is 0 Å². The Bertz CT molecular complexity index is 767. The molecule has 0 bridgehead atoms. The van der Waals surface area contributed by atoms with Crippen molar-refractivity contribution in [3.05, 3.63) is 35.4 Å². The predicted octanol–water partition coefficient (Wildman–Crippen LogP) is 4.72. The summed E-state index contributed by atoms with van der Waals surface area (Å²) in [4.78, 5) is 0. The summed E-state index contributed by atoms with van der Waals surface area (Å²) < 4.78 is 22.9. The van der Waals surface area contributed by atoms with Gasteiger partial charge in [0, 0.05) is 11.1 Å². The summed E-state index contributed by atoms with van der Waals surface area (Å²) in [5.74, 6) is 3.27. The average molecular weight is 326 g/mol. The fraction of sp³-hybridized carbons (Fsp3) is 0.400. The Morgan fingerprint density at radius 1 is 0.792 bits per heavy atom. The van der Waals surface area contributed by atoms with E-state index in [-0.39, 0.29) is 13.6 Å². The van der Waals surface area contributed by atoms with E-state index in [2.05, 4.69) is 32.0 Å². The number of aryl methyl sites for hydroxylation is 2. The molecule has 4 rings (SSSR count). The third-order valence-corrected chi connectivity index (χ3v) is 4.49. The van der Waals surface area contributed by atoms with E-state index in [0.29, 0.717) is 0 Å². The number of fused-ring (bicyclic) bond motifs is 2. The molecule has 0 N–H and O–H groups in total. The highest BCUT2D eigenvalue weighted by molar-refractivity contribution is 5.84. The lowest BCUT2D eigenvalue weighted by molar-refractivity contribution is 0.173. The van der Waals surface area contributed by atoms with Gasteiger partial charge < -0.3 is 18.9 Å². The monoisotopic (exact) mass is 326 g/mol. The maximum absolute atomic E-state index is 5.81. The van der Waals surface area contributed by atoms with Crippen LogP contribution in [0.2, 0.25) is 0 Å². The minimum absolute atomic E-state index is 0.270. The number of ether oxygens (including phenoxy) is 4. The zero-order valence-electron chi connectivity index (χ0n) is 14.2. The molecule has 0 radical (unpaired) electrons. The fourth-order valence-electron chi connectivity index (χ4n) is 3.47. The Balaban J connectivity index is 1.94. The van der Waals surface area contributed by atoms with Crippen LogP contribution >= 0.6 is 0 Å². The van der Waals surface area contributed by atoms with E-state index in [1.54, 1.807) is 0 Å². The Hall–Kier alpha value is -2.36. The lowest BCUT2D eigenvalue weighted by Crippen LogP contribution is -1.97. The smallest absolute Gasteiger partial charge is 0.231 e. The Morgan fingerprint density at radius 3 is 2.33 bits per heavy atom. The van der Waals surface area contributed by atoms with Crippen LogP contribution in [-0.2, 0) is 12.8 Å². The highest BCUT2D eigenvalue weighted by Crippen LogP contribution is 2.50. The summed E-state index contributed by atoms with van der Waals surface area (Å²) >= 11 is 0. The minimum atomic E-state index is 0.270. The van der Waals surface area contributed by atoms with Crippen molar-refractivity contribution in [3.8, 4) is 34.1 Å². The van der Waals surface area contributed by atoms with E-state index >= 15 is 0 Å². The van der Waals surface area contributed by atoms with E-state index in [0.717, 1.165) is 59.8 Å². The molecule has 2 aromatic carbocycles. The molecule has 2 aromatic rings. The van der Waals surface area contributed by atoms with Gasteiger partial charge in [0.2, 0.25) is 13.6 Å². The zero-order chi connectivity index (χ0) is 16.5. The van der Waals surface area contributed by atoms with Gasteiger partial charge in [-0.1, -0.05) is 32.8 Å². The SMILES string of the molecule is CCCc1cc2c(c(-c3c(CCC)ccc4c3OCO4)c1)OCO2. The standard InChI is InChI=1S/C20H22O4/c1-3-5-13-9-15(19-17(10-13)22-12-23-19)18-14(6-4-2)7-8-16-20(18)24-11-21-16/h7-10H,3-6,11-12H2,1-2H3. The summed E-state index contributed by atoms with van der Waals surface area (Å²) in [6.07, 6.45) is 4.16. The van der Waals surface area contributed by atoms with Gasteiger partial charge in [0.15, 0.2) is 23.0 Å². The van der Waals surface area contributed by atoms with Crippen molar-refractivity contribution in [1.29, 1.82) is 0 Å². The molecule has 2 aliphatic rings. The van der Waals surface area contributed by atoms with Gasteiger partial charge in [0.25, 0.3) is 0 Å². The maximum Gasteiger partial charge on any atom is 0.231 e. The molecule has 2 heterocycles. The molecule has 24 heavy (non-hydrogen) atoms. The number of rotatable bonds is 5. The third-order valence-electron chi connectivity index (χ3n) is 4.49. The molecular formula is C20H22O4. The van der Waals surface area contributed by atoms with E-state index in [1.165, 1.54) is 11.1 Å². The quantitative estimate of drug-likeness (QED) is 0.797. The first-order chi connectivity index (χ1) is 11.8. The summed E-state index contributed by atoms with van der Waals surface area (Å²) in [6.45, 7) is 4.91. The second kappa shape index (κ2) is 6.27. The van der Waals surface area contributed by atoms with E-state index in [1.807, 2.05) is 6.07 Å². The number of hydrogen-bond acceptors (Lipinski definition) is 4. The molecule has 0 aliphatic carbocycles.